The normalized spacial score (nSPS) is 14.1. The van der Waals surface area contributed by atoms with Crippen LogP contribution in [0.15, 0.2) is 31.8 Å². The average Bonchev–Trinajstić information content (AvgIpc) is 3.23. The molecule has 146 valence electrons. The second kappa shape index (κ2) is 6.97. The molecule has 2 heterocycles. The molecule has 1 atom stereocenters. The van der Waals surface area contributed by atoms with Gasteiger partial charge < -0.3 is 38.2 Å². The summed E-state index contributed by atoms with van der Waals surface area (Å²) in [4.78, 5) is 24.2. The molecule has 2 aromatic rings. The van der Waals surface area contributed by atoms with Gasteiger partial charge in [0.2, 0.25) is 12.6 Å². The van der Waals surface area contributed by atoms with E-state index in [0.29, 0.717) is 11.5 Å². The Kier molecular flexibility index (Phi) is 4.85. The van der Waals surface area contributed by atoms with E-state index in [0.717, 1.165) is 4.90 Å². The van der Waals surface area contributed by atoms with E-state index in [-0.39, 0.29) is 30.5 Å². The van der Waals surface area contributed by atoms with Crippen LogP contribution >= 0.6 is 0 Å². The minimum absolute atomic E-state index is 0.0496. The van der Waals surface area contributed by atoms with Gasteiger partial charge in [0, 0.05) is 12.6 Å². The van der Waals surface area contributed by atoms with Crippen molar-refractivity contribution in [2.75, 3.05) is 13.8 Å². The molecule has 2 N–H and O–H groups in total. The predicted octanol–water partition coefficient (Wildman–Crippen LogP) is 1.06. The Morgan fingerprint density at radius 2 is 2.00 bits per heavy atom. The Morgan fingerprint density at radius 1 is 1.30 bits per heavy atom. The highest BCUT2D eigenvalue weighted by atomic mass is 16.7. The molecule has 10 heteroatoms. The van der Waals surface area contributed by atoms with Gasteiger partial charge in [0.15, 0.2) is 29.6 Å². The van der Waals surface area contributed by atoms with E-state index < -0.39 is 23.7 Å². The van der Waals surface area contributed by atoms with E-state index in [4.69, 9.17) is 18.6 Å². The molecule has 1 aromatic heterocycles. The molecule has 1 aromatic carbocycles. The van der Waals surface area contributed by atoms with Crippen molar-refractivity contribution in [1.29, 1.82) is 0 Å². The molecule has 1 unspecified atom stereocenters. The number of carbonyl (C=O) groups excluding carboxylic acids is 1. The summed E-state index contributed by atoms with van der Waals surface area (Å²) in [6.45, 7) is 2.65. The zero-order chi connectivity index (χ0) is 19.8. The molecule has 3 rings (SSSR count). The predicted molar refractivity (Wildman–Crippen MR) is 88.1 cm³/mol. The maximum Gasteiger partial charge on any atom is 0.519 e. The van der Waals surface area contributed by atoms with Gasteiger partial charge in [-0.25, -0.2) is 9.59 Å². The molecule has 0 spiro atoms. The third-order valence-corrected chi connectivity index (χ3v) is 4.41. The summed E-state index contributed by atoms with van der Waals surface area (Å²) >= 11 is 0. The molecule has 27 heavy (non-hydrogen) atoms. The van der Waals surface area contributed by atoms with Crippen molar-refractivity contribution < 1.29 is 38.1 Å². The van der Waals surface area contributed by atoms with Crippen LogP contribution in [0, 0.1) is 6.92 Å². The lowest BCUT2D eigenvalue weighted by Crippen LogP contribution is -2.49. The number of fused-ring (bicyclic) bond motifs is 1. The molecule has 0 saturated carbocycles. The minimum Gasteiger partial charge on any atom is -0.454 e. The first-order valence-corrected chi connectivity index (χ1v) is 8.04. The number of amides is 1. The number of aryl methyl sites for hydroxylation is 1. The van der Waals surface area contributed by atoms with Gasteiger partial charge in [0.05, 0.1) is 6.04 Å². The van der Waals surface area contributed by atoms with E-state index >= 15 is 0 Å². The van der Waals surface area contributed by atoms with Gasteiger partial charge in [0.25, 0.3) is 0 Å². The number of hydrogen-bond donors (Lipinski definition) is 2. The molecule has 0 saturated heterocycles. The topological polar surface area (TPSA) is 132 Å². The molecule has 0 fully saturated rings. The summed E-state index contributed by atoms with van der Waals surface area (Å²) in [5, 5.41) is 21.1. The Bertz CT molecular complexity index is 898. The second-order valence-electron chi connectivity index (χ2n) is 6.07. The summed E-state index contributed by atoms with van der Waals surface area (Å²) in [6, 6.07) is 3.37. The lowest BCUT2D eigenvalue weighted by Gasteiger charge is -2.34. The van der Waals surface area contributed by atoms with Gasteiger partial charge in [-0.3, -0.25) is 0 Å². The van der Waals surface area contributed by atoms with E-state index in [1.165, 1.54) is 33.0 Å². The molecule has 0 bridgehead atoms. The Balaban J connectivity index is 1.69. The van der Waals surface area contributed by atoms with Crippen LogP contribution in [-0.4, -0.2) is 41.1 Å². The molecule has 0 radical (unpaired) electrons. The third-order valence-electron chi connectivity index (χ3n) is 4.41. The zero-order valence-corrected chi connectivity index (χ0v) is 14.9. The number of likely N-dealkylation sites (N-methyl/N-ethyl adjacent to an activating group) is 1. The molecule has 0 aliphatic carbocycles. The molecule has 10 nitrogen and oxygen atoms in total. The van der Waals surface area contributed by atoms with Crippen LogP contribution in [0.1, 0.15) is 24.0 Å². The van der Waals surface area contributed by atoms with Crippen molar-refractivity contribution in [3.05, 3.63) is 45.9 Å². The number of rotatable bonds is 5. The lowest BCUT2D eigenvalue weighted by atomic mass is 9.98. The Hall–Kier alpha value is -2.98. The van der Waals surface area contributed by atoms with Crippen LogP contribution in [-0.2, 0) is 17.1 Å². The first kappa shape index (κ1) is 18.8. The Labute approximate surface area is 153 Å². The fourth-order valence-electron chi connectivity index (χ4n) is 2.53. The van der Waals surface area contributed by atoms with Gasteiger partial charge in [-0.05, 0) is 32.0 Å². The number of hydrogen-bond acceptors (Lipinski definition) is 9. The number of benzene rings is 1. The molecular formula is C17H19NO9. The van der Waals surface area contributed by atoms with E-state index in [2.05, 4.69) is 4.42 Å². The molecular weight excluding hydrogens is 362 g/mol. The summed E-state index contributed by atoms with van der Waals surface area (Å²) in [7, 11) is 1.35. The van der Waals surface area contributed by atoms with Crippen molar-refractivity contribution in [1.82, 2.24) is 4.90 Å². The van der Waals surface area contributed by atoms with Crippen LogP contribution < -0.4 is 15.3 Å². The molecule has 1 aliphatic rings. The SMILES string of the molecule is Cc1oc(=O)oc1COC(=O)N(C)C(C)C(O)(O)c1ccc2c(c1)OCO2. The van der Waals surface area contributed by atoms with Crippen LogP contribution in [0.3, 0.4) is 0 Å². The average molecular weight is 381 g/mol. The van der Waals surface area contributed by atoms with E-state index in [1.54, 1.807) is 6.07 Å². The van der Waals surface area contributed by atoms with E-state index in [9.17, 15) is 19.8 Å². The quantitative estimate of drug-likeness (QED) is 0.730. The van der Waals surface area contributed by atoms with Crippen molar-refractivity contribution >= 4 is 6.09 Å². The van der Waals surface area contributed by atoms with Crippen LogP contribution in [0.5, 0.6) is 11.5 Å². The standard InChI is InChI=1S/C17H19NO9/c1-9-14(27-16(20)26-9)7-23-15(19)18(3)10(2)17(21,22)11-4-5-12-13(6-11)25-8-24-12/h4-6,10,21-22H,7-8H2,1-3H3. The van der Waals surface area contributed by atoms with Crippen molar-refractivity contribution in [3.8, 4) is 11.5 Å². The highest BCUT2D eigenvalue weighted by Gasteiger charge is 2.39. The van der Waals surface area contributed by atoms with Gasteiger partial charge in [-0.2, -0.15) is 0 Å². The fraction of sp³-hybridized carbons (Fsp3) is 0.412. The highest BCUT2D eigenvalue weighted by molar-refractivity contribution is 5.67. The third kappa shape index (κ3) is 3.62. The summed E-state index contributed by atoms with van der Waals surface area (Å²) in [6.07, 6.45) is -0.848. The lowest BCUT2D eigenvalue weighted by molar-refractivity contribution is -0.205. The summed E-state index contributed by atoms with van der Waals surface area (Å²) in [5.41, 5.74) is 0.121. The number of ether oxygens (including phenoxy) is 3. The highest BCUT2D eigenvalue weighted by Crippen LogP contribution is 2.36. The van der Waals surface area contributed by atoms with Crippen molar-refractivity contribution in [2.45, 2.75) is 32.3 Å². The van der Waals surface area contributed by atoms with Gasteiger partial charge in [-0.1, -0.05) is 0 Å². The van der Waals surface area contributed by atoms with E-state index in [1.807, 2.05) is 0 Å². The van der Waals surface area contributed by atoms with Gasteiger partial charge >= 0.3 is 11.9 Å². The maximum atomic E-state index is 12.2. The Morgan fingerprint density at radius 3 is 2.67 bits per heavy atom. The number of carbonyl (C=O) groups is 1. The monoisotopic (exact) mass is 381 g/mol. The minimum atomic E-state index is -2.38. The van der Waals surface area contributed by atoms with Crippen LogP contribution in [0.2, 0.25) is 0 Å². The zero-order valence-electron chi connectivity index (χ0n) is 14.9. The first-order valence-electron chi connectivity index (χ1n) is 8.04. The van der Waals surface area contributed by atoms with Crippen LogP contribution in [0.4, 0.5) is 4.79 Å². The van der Waals surface area contributed by atoms with Gasteiger partial charge in [-0.15, -0.1) is 0 Å². The van der Waals surface area contributed by atoms with Crippen LogP contribution in [0.25, 0.3) is 0 Å². The fourth-order valence-corrected chi connectivity index (χ4v) is 2.53. The van der Waals surface area contributed by atoms with Crippen molar-refractivity contribution in [2.24, 2.45) is 0 Å². The molecule has 1 aliphatic heterocycles. The summed E-state index contributed by atoms with van der Waals surface area (Å²) < 4.78 is 24.9. The second-order valence-corrected chi connectivity index (χ2v) is 6.07. The van der Waals surface area contributed by atoms with Crippen molar-refractivity contribution in [3.63, 3.8) is 0 Å². The summed E-state index contributed by atoms with van der Waals surface area (Å²) in [5.74, 6) is -2.14. The molecule has 1 amide bonds. The number of nitrogens with zero attached hydrogens (tertiary/aromatic N) is 1. The largest absolute Gasteiger partial charge is 0.519 e. The first-order chi connectivity index (χ1) is 12.7. The number of aliphatic hydroxyl groups is 2. The smallest absolute Gasteiger partial charge is 0.454 e. The van der Waals surface area contributed by atoms with Gasteiger partial charge in [0.1, 0.15) is 0 Å². The maximum absolute atomic E-state index is 12.2.